The Morgan fingerprint density at radius 1 is 1.35 bits per heavy atom. The molecule has 0 spiro atoms. The SMILES string of the molecule is Cc1cnc(NC(=O)CN(C(=O)c2ccc(F)cc2)C2CC2)s1. The molecule has 7 heteroatoms. The van der Waals surface area contributed by atoms with Crippen LogP contribution in [0.2, 0.25) is 0 Å². The first kappa shape index (κ1) is 15.6. The Morgan fingerprint density at radius 3 is 2.61 bits per heavy atom. The smallest absolute Gasteiger partial charge is 0.254 e. The molecule has 2 aromatic rings. The van der Waals surface area contributed by atoms with Gasteiger partial charge in [0, 0.05) is 22.7 Å². The van der Waals surface area contributed by atoms with Gasteiger partial charge in [-0.05, 0) is 44.0 Å². The zero-order valence-electron chi connectivity index (χ0n) is 12.6. The quantitative estimate of drug-likeness (QED) is 0.915. The predicted molar refractivity (Wildman–Crippen MR) is 85.9 cm³/mol. The van der Waals surface area contributed by atoms with E-state index in [0.717, 1.165) is 17.7 Å². The van der Waals surface area contributed by atoms with Crippen LogP contribution in [-0.2, 0) is 4.79 Å². The predicted octanol–water partition coefficient (Wildman–Crippen LogP) is 2.83. The molecule has 23 heavy (non-hydrogen) atoms. The third kappa shape index (κ3) is 3.92. The van der Waals surface area contributed by atoms with Crippen LogP contribution >= 0.6 is 11.3 Å². The van der Waals surface area contributed by atoms with Gasteiger partial charge < -0.3 is 10.2 Å². The highest BCUT2D eigenvalue weighted by molar-refractivity contribution is 7.15. The summed E-state index contributed by atoms with van der Waals surface area (Å²) in [6, 6.07) is 5.45. The van der Waals surface area contributed by atoms with Crippen molar-refractivity contribution in [2.45, 2.75) is 25.8 Å². The molecule has 1 aromatic carbocycles. The Hall–Kier alpha value is -2.28. The number of hydrogen-bond donors (Lipinski definition) is 1. The Labute approximate surface area is 137 Å². The number of thiazole rings is 1. The molecule has 0 aliphatic heterocycles. The molecular weight excluding hydrogens is 317 g/mol. The Bertz CT molecular complexity index is 725. The summed E-state index contributed by atoms with van der Waals surface area (Å²) in [6.07, 6.45) is 3.45. The molecule has 1 aliphatic rings. The molecule has 0 saturated heterocycles. The highest BCUT2D eigenvalue weighted by Gasteiger charge is 2.34. The van der Waals surface area contributed by atoms with Gasteiger partial charge >= 0.3 is 0 Å². The second-order valence-electron chi connectivity index (χ2n) is 5.50. The van der Waals surface area contributed by atoms with E-state index in [0.29, 0.717) is 10.7 Å². The summed E-state index contributed by atoms with van der Waals surface area (Å²) in [4.78, 5) is 31.3. The Kier molecular flexibility index (Phi) is 4.38. The molecular formula is C16H16FN3O2S. The van der Waals surface area contributed by atoms with Crippen molar-refractivity contribution in [1.82, 2.24) is 9.88 Å². The van der Waals surface area contributed by atoms with Gasteiger partial charge in [-0.3, -0.25) is 9.59 Å². The lowest BCUT2D eigenvalue weighted by Crippen LogP contribution is -2.39. The number of benzene rings is 1. The van der Waals surface area contributed by atoms with E-state index in [1.165, 1.54) is 35.6 Å². The molecule has 1 saturated carbocycles. The van der Waals surface area contributed by atoms with Gasteiger partial charge in [0.25, 0.3) is 5.91 Å². The summed E-state index contributed by atoms with van der Waals surface area (Å²) < 4.78 is 13.0. The van der Waals surface area contributed by atoms with Crippen LogP contribution in [0.5, 0.6) is 0 Å². The molecule has 1 aromatic heterocycles. The van der Waals surface area contributed by atoms with Crippen LogP contribution in [0.1, 0.15) is 28.1 Å². The summed E-state index contributed by atoms with van der Waals surface area (Å²) in [6.45, 7) is 1.88. The maximum Gasteiger partial charge on any atom is 0.254 e. The van der Waals surface area contributed by atoms with Crippen molar-refractivity contribution >= 4 is 28.3 Å². The average molecular weight is 333 g/mol. The number of anilines is 1. The number of rotatable bonds is 5. The van der Waals surface area contributed by atoms with Gasteiger partial charge in [0.1, 0.15) is 12.4 Å². The summed E-state index contributed by atoms with van der Waals surface area (Å²) >= 11 is 1.39. The number of aromatic nitrogens is 1. The zero-order valence-corrected chi connectivity index (χ0v) is 13.4. The normalized spacial score (nSPS) is 13.7. The third-order valence-corrected chi connectivity index (χ3v) is 4.35. The minimum Gasteiger partial charge on any atom is -0.326 e. The Balaban J connectivity index is 1.68. The number of carbonyl (C=O) groups is 2. The topological polar surface area (TPSA) is 62.3 Å². The zero-order chi connectivity index (χ0) is 16.4. The lowest BCUT2D eigenvalue weighted by molar-refractivity contribution is -0.117. The summed E-state index contributed by atoms with van der Waals surface area (Å²) in [5, 5.41) is 3.23. The van der Waals surface area contributed by atoms with Crippen molar-refractivity contribution < 1.29 is 14.0 Å². The fraction of sp³-hybridized carbons (Fsp3) is 0.312. The molecule has 1 aliphatic carbocycles. The largest absolute Gasteiger partial charge is 0.326 e. The van der Waals surface area contributed by atoms with E-state index in [-0.39, 0.29) is 24.4 Å². The molecule has 3 rings (SSSR count). The Morgan fingerprint density at radius 2 is 2.04 bits per heavy atom. The number of halogens is 1. The lowest BCUT2D eigenvalue weighted by atomic mass is 10.2. The minimum atomic E-state index is -0.392. The van der Waals surface area contributed by atoms with Crippen molar-refractivity contribution in [3.05, 3.63) is 46.7 Å². The number of aryl methyl sites for hydroxylation is 1. The monoisotopic (exact) mass is 333 g/mol. The molecule has 1 N–H and O–H groups in total. The summed E-state index contributed by atoms with van der Waals surface area (Å²) in [7, 11) is 0. The molecule has 0 bridgehead atoms. The molecule has 120 valence electrons. The van der Waals surface area contributed by atoms with E-state index < -0.39 is 5.82 Å². The van der Waals surface area contributed by atoms with Gasteiger partial charge in [0.05, 0.1) is 0 Å². The second kappa shape index (κ2) is 6.45. The second-order valence-corrected chi connectivity index (χ2v) is 6.73. The fourth-order valence-electron chi connectivity index (χ4n) is 2.24. The lowest BCUT2D eigenvalue weighted by Gasteiger charge is -2.21. The first-order valence-electron chi connectivity index (χ1n) is 7.32. The van der Waals surface area contributed by atoms with E-state index in [1.807, 2.05) is 6.92 Å². The first-order chi connectivity index (χ1) is 11.0. The summed E-state index contributed by atoms with van der Waals surface area (Å²) in [5.74, 6) is -0.920. The average Bonchev–Trinajstić information content (AvgIpc) is 3.28. The maximum absolute atomic E-state index is 13.0. The van der Waals surface area contributed by atoms with Gasteiger partial charge in [-0.25, -0.2) is 9.37 Å². The van der Waals surface area contributed by atoms with Crippen LogP contribution in [-0.4, -0.2) is 34.3 Å². The van der Waals surface area contributed by atoms with Crippen molar-refractivity contribution in [3.8, 4) is 0 Å². The maximum atomic E-state index is 13.0. The first-order valence-corrected chi connectivity index (χ1v) is 8.13. The van der Waals surface area contributed by atoms with Crippen LogP contribution in [0.25, 0.3) is 0 Å². The van der Waals surface area contributed by atoms with E-state index in [9.17, 15) is 14.0 Å². The number of hydrogen-bond acceptors (Lipinski definition) is 4. The molecule has 5 nitrogen and oxygen atoms in total. The molecule has 0 radical (unpaired) electrons. The molecule has 0 unspecified atom stereocenters. The van der Waals surface area contributed by atoms with Crippen molar-refractivity contribution in [3.63, 3.8) is 0 Å². The van der Waals surface area contributed by atoms with Crippen LogP contribution in [0, 0.1) is 12.7 Å². The fourth-order valence-corrected chi connectivity index (χ4v) is 2.92. The van der Waals surface area contributed by atoms with Crippen molar-refractivity contribution in [2.75, 3.05) is 11.9 Å². The van der Waals surface area contributed by atoms with Gasteiger partial charge in [-0.2, -0.15) is 0 Å². The van der Waals surface area contributed by atoms with Crippen LogP contribution in [0.4, 0.5) is 9.52 Å². The summed E-state index contributed by atoms with van der Waals surface area (Å²) in [5.41, 5.74) is 0.385. The van der Waals surface area contributed by atoms with Crippen LogP contribution in [0.3, 0.4) is 0 Å². The van der Waals surface area contributed by atoms with E-state index >= 15 is 0 Å². The molecule has 2 amide bonds. The molecule has 1 heterocycles. The highest BCUT2D eigenvalue weighted by atomic mass is 32.1. The number of carbonyl (C=O) groups excluding carboxylic acids is 2. The number of nitrogens with one attached hydrogen (secondary N) is 1. The van der Waals surface area contributed by atoms with E-state index in [4.69, 9.17) is 0 Å². The highest BCUT2D eigenvalue weighted by Crippen LogP contribution is 2.28. The standard InChI is InChI=1S/C16H16FN3O2S/c1-10-8-18-16(23-10)19-14(21)9-20(13-6-7-13)15(22)11-2-4-12(17)5-3-11/h2-5,8,13H,6-7,9H2,1H3,(H,18,19,21). The van der Waals surface area contributed by atoms with E-state index in [1.54, 1.807) is 11.1 Å². The van der Waals surface area contributed by atoms with E-state index in [2.05, 4.69) is 10.3 Å². The third-order valence-electron chi connectivity index (χ3n) is 3.52. The van der Waals surface area contributed by atoms with Gasteiger partial charge in [-0.1, -0.05) is 0 Å². The van der Waals surface area contributed by atoms with Crippen molar-refractivity contribution in [1.29, 1.82) is 0 Å². The van der Waals surface area contributed by atoms with Gasteiger partial charge in [0.15, 0.2) is 5.13 Å². The van der Waals surface area contributed by atoms with Crippen molar-refractivity contribution in [2.24, 2.45) is 0 Å². The molecule has 0 atom stereocenters. The molecule has 1 fully saturated rings. The number of amides is 2. The van der Waals surface area contributed by atoms with Crippen LogP contribution in [0.15, 0.2) is 30.5 Å². The number of nitrogens with zero attached hydrogens (tertiary/aromatic N) is 2. The van der Waals surface area contributed by atoms with Crippen LogP contribution < -0.4 is 5.32 Å². The van der Waals surface area contributed by atoms with Gasteiger partial charge in [0.2, 0.25) is 5.91 Å². The minimum absolute atomic E-state index is 0.0283. The van der Waals surface area contributed by atoms with Gasteiger partial charge in [-0.15, -0.1) is 11.3 Å².